The van der Waals surface area contributed by atoms with Crippen molar-refractivity contribution in [2.75, 3.05) is 10.8 Å². The lowest BCUT2D eigenvalue weighted by Gasteiger charge is -2.34. The zero-order valence-electron chi connectivity index (χ0n) is 25.9. The lowest BCUT2D eigenvalue weighted by atomic mass is 10.0. The van der Waals surface area contributed by atoms with Crippen LogP contribution in [0.3, 0.4) is 0 Å². The highest BCUT2D eigenvalue weighted by atomic mass is 35.5. The number of carbonyl (C=O) groups excluding carboxylic acids is 2. The van der Waals surface area contributed by atoms with Gasteiger partial charge < -0.3 is 10.2 Å². The summed E-state index contributed by atoms with van der Waals surface area (Å²) in [6, 6.07) is 24.6. The molecule has 47 heavy (non-hydrogen) atoms. The Hall–Kier alpha value is -3.92. The van der Waals surface area contributed by atoms with Gasteiger partial charge in [0.05, 0.1) is 20.6 Å². The molecule has 11 heteroatoms. The van der Waals surface area contributed by atoms with E-state index in [0.29, 0.717) is 10.6 Å². The number of hydrogen-bond acceptors (Lipinski definition) is 4. The molecule has 0 aromatic heterocycles. The topological polar surface area (TPSA) is 86.8 Å². The van der Waals surface area contributed by atoms with Crippen LogP contribution in [0.1, 0.15) is 42.4 Å². The first kappa shape index (κ1) is 34.4. The van der Waals surface area contributed by atoms with E-state index in [9.17, 15) is 18.0 Å². The summed E-state index contributed by atoms with van der Waals surface area (Å²) in [5.41, 5.74) is 1.94. The number of halogens is 3. The molecule has 0 heterocycles. The number of amides is 2. The van der Waals surface area contributed by atoms with Gasteiger partial charge in [0, 0.05) is 19.0 Å². The number of benzene rings is 4. The van der Waals surface area contributed by atoms with Crippen LogP contribution >= 0.6 is 23.2 Å². The van der Waals surface area contributed by atoms with Crippen LogP contribution in [-0.4, -0.2) is 43.8 Å². The number of sulfonamides is 1. The van der Waals surface area contributed by atoms with E-state index in [-0.39, 0.29) is 40.5 Å². The number of hydrogen-bond donors (Lipinski definition) is 1. The molecule has 0 radical (unpaired) electrons. The highest BCUT2D eigenvalue weighted by molar-refractivity contribution is 7.92. The molecule has 1 aliphatic rings. The van der Waals surface area contributed by atoms with Gasteiger partial charge in [0.2, 0.25) is 11.8 Å². The number of anilines is 1. The Morgan fingerprint density at radius 2 is 1.53 bits per heavy atom. The molecular formula is C36H36Cl2FN3O4S. The van der Waals surface area contributed by atoms with Crippen LogP contribution in [0.4, 0.5) is 10.1 Å². The van der Waals surface area contributed by atoms with Crippen LogP contribution in [0.25, 0.3) is 0 Å². The van der Waals surface area contributed by atoms with E-state index in [1.54, 1.807) is 30.3 Å². The molecule has 4 aromatic carbocycles. The van der Waals surface area contributed by atoms with E-state index in [0.717, 1.165) is 47.2 Å². The van der Waals surface area contributed by atoms with Crippen LogP contribution in [0, 0.1) is 12.7 Å². The van der Waals surface area contributed by atoms with Gasteiger partial charge in [-0.05, 0) is 67.3 Å². The van der Waals surface area contributed by atoms with Gasteiger partial charge in [0.25, 0.3) is 10.0 Å². The molecule has 1 saturated carbocycles. The van der Waals surface area contributed by atoms with Crippen molar-refractivity contribution < 1.29 is 22.4 Å². The smallest absolute Gasteiger partial charge is 0.264 e. The number of para-hydroxylation sites is 1. The van der Waals surface area contributed by atoms with Gasteiger partial charge in [-0.1, -0.05) is 102 Å². The maximum atomic E-state index is 15.3. The third kappa shape index (κ3) is 8.52. The summed E-state index contributed by atoms with van der Waals surface area (Å²) in [5, 5.41) is 3.71. The first-order chi connectivity index (χ1) is 22.5. The Bertz CT molecular complexity index is 1820. The Balaban J connectivity index is 1.58. The highest BCUT2D eigenvalue weighted by Gasteiger charge is 2.36. The molecule has 4 aromatic rings. The van der Waals surface area contributed by atoms with Crippen molar-refractivity contribution in [2.45, 2.75) is 62.6 Å². The predicted molar refractivity (Wildman–Crippen MR) is 183 cm³/mol. The number of rotatable bonds is 12. The minimum absolute atomic E-state index is 0.0282. The SMILES string of the molecule is Cc1ccc(S(=O)(=O)N(CC(=O)N(Cc2ccc(Cl)c(Cl)c2)[C@@H](Cc2ccccc2)C(=O)NC2CCCC2)c2ccccc2F)cc1. The van der Waals surface area contributed by atoms with Crippen LogP contribution in [0.5, 0.6) is 0 Å². The van der Waals surface area contributed by atoms with Gasteiger partial charge in [-0.25, -0.2) is 12.8 Å². The van der Waals surface area contributed by atoms with Crippen LogP contribution in [-0.2, 0) is 32.6 Å². The second kappa shape index (κ2) is 15.3. The molecule has 7 nitrogen and oxygen atoms in total. The largest absolute Gasteiger partial charge is 0.352 e. The molecule has 2 amide bonds. The summed E-state index contributed by atoms with van der Waals surface area (Å²) in [6.45, 7) is 0.973. The second-order valence-electron chi connectivity index (χ2n) is 11.7. The Labute approximate surface area is 285 Å². The van der Waals surface area contributed by atoms with Gasteiger partial charge in [0.15, 0.2) is 0 Å². The lowest BCUT2D eigenvalue weighted by Crippen LogP contribution is -2.54. The zero-order valence-corrected chi connectivity index (χ0v) is 28.2. The summed E-state index contributed by atoms with van der Waals surface area (Å²) in [5.74, 6) is -1.86. The van der Waals surface area contributed by atoms with Crippen molar-refractivity contribution in [1.82, 2.24) is 10.2 Å². The molecule has 1 atom stereocenters. The fraction of sp³-hybridized carbons (Fsp3) is 0.278. The molecule has 0 unspecified atom stereocenters. The quantitative estimate of drug-likeness (QED) is 0.168. The number of nitrogens with zero attached hydrogens (tertiary/aromatic N) is 2. The molecule has 246 valence electrons. The van der Waals surface area contributed by atoms with E-state index in [2.05, 4.69) is 5.32 Å². The summed E-state index contributed by atoms with van der Waals surface area (Å²) >= 11 is 12.5. The molecule has 1 N–H and O–H groups in total. The molecule has 0 saturated heterocycles. The molecule has 1 fully saturated rings. The monoisotopic (exact) mass is 695 g/mol. The first-order valence-electron chi connectivity index (χ1n) is 15.4. The predicted octanol–water partition coefficient (Wildman–Crippen LogP) is 7.34. The fourth-order valence-corrected chi connectivity index (χ4v) is 7.50. The number of carbonyl (C=O) groups is 2. The van der Waals surface area contributed by atoms with E-state index < -0.39 is 34.3 Å². The Kier molecular flexibility index (Phi) is 11.2. The maximum Gasteiger partial charge on any atom is 0.264 e. The van der Waals surface area contributed by atoms with Crippen molar-refractivity contribution in [3.8, 4) is 0 Å². The number of aryl methyl sites for hydroxylation is 1. The normalized spacial score (nSPS) is 14.0. The molecule has 5 rings (SSSR count). The van der Waals surface area contributed by atoms with Crippen LogP contribution in [0.15, 0.2) is 102 Å². The van der Waals surface area contributed by atoms with Gasteiger partial charge in [-0.15, -0.1) is 0 Å². The van der Waals surface area contributed by atoms with Crippen molar-refractivity contribution >= 4 is 50.7 Å². The minimum atomic E-state index is -4.42. The average molecular weight is 697 g/mol. The first-order valence-corrected chi connectivity index (χ1v) is 17.6. The molecular weight excluding hydrogens is 660 g/mol. The summed E-state index contributed by atoms with van der Waals surface area (Å²) in [4.78, 5) is 29.9. The van der Waals surface area contributed by atoms with Crippen molar-refractivity contribution in [1.29, 1.82) is 0 Å². The highest BCUT2D eigenvalue weighted by Crippen LogP contribution is 2.29. The standard InChI is InChI=1S/C36H36Cl2FN3O4S/c1-25-15-18-29(19-16-25)47(45,46)42(33-14-8-7-13-32(33)39)24-35(43)41(23-27-17-20-30(37)31(38)21-27)34(22-26-9-3-2-4-10-26)36(44)40-28-11-5-6-12-28/h2-4,7-10,13-21,28,34H,5-6,11-12,22-24H2,1H3,(H,40,44)/t34-/m0/s1. The second-order valence-corrected chi connectivity index (χ2v) is 14.4. The molecule has 0 spiro atoms. The van der Waals surface area contributed by atoms with Gasteiger partial charge in [0.1, 0.15) is 18.4 Å². The summed E-state index contributed by atoms with van der Waals surface area (Å²) in [6.07, 6.45) is 3.82. The van der Waals surface area contributed by atoms with Gasteiger partial charge in [-0.2, -0.15) is 0 Å². The van der Waals surface area contributed by atoms with E-state index in [1.807, 2.05) is 37.3 Å². The van der Waals surface area contributed by atoms with Crippen molar-refractivity contribution in [3.63, 3.8) is 0 Å². The van der Waals surface area contributed by atoms with Gasteiger partial charge >= 0.3 is 0 Å². The summed E-state index contributed by atoms with van der Waals surface area (Å²) in [7, 11) is -4.42. The van der Waals surface area contributed by atoms with Crippen molar-refractivity contribution in [2.24, 2.45) is 0 Å². The molecule has 0 bridgehead atoms. The lowest BCUT2D eigenvalue weighted by molar-refractivity contribution is -0.140. The minimum Gasteiger partial charge on any atom is -0.352 e. The maximum absolute atomic E-state index is 15.3. The third-order valence-electron chi connectivity index (χ3n) is 8.32. The Morgan fingerprint density at radius 3 is 2.19 bits per heavy atom. The van der Waals surface area contributed by atoms with Crippen molar-refractivity contribution in [3.05, 3.63) is 130 Å². The van der Waals surface area contributed by atoms with Crippen LogP contribution < -0.4 is 9.62 Å². The Morgan fingerprint density at radius 1 is 0.872 bits per heavy atom. The third-order valence-corrected chi connectivity index (χ3v) is 10.8. The van der Waals surface area contributed by atoms with E-state index >= 15 is 4.39 Å². The average Bonchev–Trinajstić information content (AvgIpc) is 3.57. The molecule has 0 aliphatic heterocycles. The van der Waals surface area contributed by atoms with E-state index in [1.165, 1.54) is 35.2 Å². The zero-order chi connectivity index (χ0) is 33.6. The fourth-order valence-electron chi connectivity index (χ4n) is 5.76. The molecule has 1 aliphatic carbocycles. The summed E-state index contributed by atoms with van der Waals surface area (Å²) < 4.78 is 44.3. The van der Waals surface area contributed by atoms with E-state index in [4.69, 9.17) is 23.2 Å². The number of nitrogens with one attached hydrogen (secondary N) is 1. The van der Waals surface area contributed by atoms with Crippen LogP contribution in [0.2, 0.25) is 10.0 Å². The van der Waals surface area contributed by atoms with Gasteiger partial charge in [-0.3, -0.25) is 13.9 Å².